The highest BCUT2D eigenvalue weighted by atomic mass is 35.5. The molecule has 2 rings (SSSR count). The third-order valence-corrected chi connectivity index (χ3v) is 3.10. The SMILES string of the molecule is Oc1c(F)ccc(Cl)c1[C@@H]1CCCCN1. The van der Waals surface area contributed by atoms with Crippen LogP contribution in [0.5, 0.6) is 5.75 Å². The van der Waals surface area contributed by atoms with E-state index in [9.17, 15) is 9.50 Å². The first-order valence-electron chi connectivity index (χ1n) is 5.10. The van der Waals surface area contributed by atoms with Gasteiger partial charge in [-0.25, -0.2) is 4.39 Å². The van der Waals surface area contributed by atoms with E-state index in [1.54, 1.807) is 0 Å². The predicted octanol–water partition coefficient (Wildman–Crippen LogP) is 3.00. The summed E-state index contributed by atoms with van der Waals surface area (Å²) in [5.41, 5.74) is 0.497. The lowest BCUT2D eigenvalue weighted by molar-refractivity contribution is 0.377. The normalized spacial score (nSPS) is 21.6. The smallest absolute Gasteiger partial charge is 0.165 e. The molecule has 2 nitrogen and oxygen atoms in total. The van der Waals surface area contributed by atoms with Gasteiger partial charge in [0, 0.05) is 16.6 Å². The van der Waals surface area contributed by atoms with E-state index in [-0.39, 0.29) is 11.8 Å². The number of piperidine rings is 1. The highest BCUT2D eigenvalue weighted by molar-refractivity contribution is 6.31. The second-order valence-electron chi connectivity index (χ2n) is 3.79. The molecule has 0 saturated carbocycles. The molecule has 1 atom stereocenters. The Kier molecular flexibility index (Phi) is 3.12. The van der Waals surface area contributed by atoms with Gasteiger partial charge in [-0.2, -0.15) is 0 Å². The van der Waals surface area contributed by atoms with E-state index >= 15 is 0 Å². The van der Waals surface area contributed by atoms with Crippen molar-refractivity contribution in [3.63, 3.8) is 0 Å². The van der Waals surface area contributed by atoms with Crippen LogP contribution in [-0.4, -0.2) is 11.7 Å². The van der Waals surface area contributed by atoms with Crippen LogP contribution in [0.1, 0.15) is 30.9 Å². The minimum absolute atomic E-state index is 0.0260. The first-order chi connectivity index (χ1) is 7.20. The lowest BCUT2D eigenvalue weighted by atomic mass is 9.96. The molecule has 1 aliphatic rings. The highest BCUT2D eigenvalue weighted by Gasteiger charge is 2.22. The van der Waals surface area contributed by atoms with Crippen molar-refractivity contribution in [2.75, 3.05) is 6.54 Å². The molecule has 1 fully saturated rings. The Labute approximate surface area is 93.1 Å². The van der Waals surface area contributed by atoms with Crippen molar-refractivity contribution in [3.8, 4) is 5.75 Å². The molecule has 0 unspecified atom stereocenters. The zero-order valence-corrected chi connectivity index (χ0v) is 9.02. The van der Waals surface area contributed by atoms with Crippen molar-refractivity contribution in [3.05, 3.63) is 28.5 Å². The summed E-state index contributed by atoms with van der Waals surface area (Å²) in [6.07, 6.45) is 3.07. The van der Waals surface area contributed by atoms with E-state index < -0.39 is 5.82 Å². The monoisotopic (exact) mass is 229 g/mol. The van der Waals surface area contributed by atoms with Crippen LogP contribution in [-0.2, 0) is 0 Å². The van der Waals surface area contributed by atoms with Gasteiger partial charge >= 0.3 is 0 Å². The van der Waals surface area contributed by atoms with Crippen molar-refractivity contribution >= 4 is 11.6 Å². The Morgan fingerprint density at radius 2 is 2.20 bits per heavy atom. The fourth-order valence-corrected chi connectivity index (χ4v) is 2.27. The van der Waals surface area contributed by atoms with Crippen molar-refractivity contribution in [1.82, 2.24) is 5.32 Å². The molecular formula is C11H13ClFNO. The van der Waals surface area contributed by atoms with Crippen molar-refractivity contribution < 1.29 is 9.50 Å². The summed E-state index contributed by atoms with van der Waals surface area (Å²) < 4.78 is 13.2. The molecule has 2 N–H and O–H groups in total. The molecule has 0 aliphatic carbocycles. The fraction of sp³-hybridized carbons (Fsp3) is 0.455. The van der Waals surface area contributed by atoms with Crippen molar-refractivity contribution in [1.29, 1.82) is 0 Å². The maximum atomic E-state index is 13.2. The fourth-order valence-electron chi connectivity index (χ4n) is 1.99. The van der Waals surface area contributed by atoms with Crippen molar-refractivity contribution in [2.24, 2.45) is 0 Å². The molecule has 0 amide bonds. The van der Waals surface area contributed by atoms with Crippen LogP contribution in [0.3, 0.4) is 0 Å². The van der Waals surface area contributed by atoms with Gasteiger partial charge in [-0.1, -0.05) is 18.0 Å². The van der Waals surface area contributed by atoms with E-state index in [2.05, 4.69) is 5.32 Å². The third-order valence-electron chi connectivity index (χ3n) is 2.77. The number of nitrogens with one attached hydrogen (secondary N) is 1. The predicted molar refractivity (Wildman–Crippen MR) is 57.7 cm³/mol. The number of aromatic hydroxyl groups is 1. The van der Waals surface area contributed by atoms with E-state index in [0.717, 1.165) is 25.8 Å². The molecule has 1 aromatic rings. The van der Waals surface area contributed by atoms with Gasteiger partial charge in [-0.15, -0.1) is 0 Å². The standard InChI is InChI=1S/C11H13ClFNO/c12-7-4-5-8(13)11(15)10(7)9-3-1-2-6-14-9/h4-5,9,14-15H,1-3,6H2/t9-/m0/s1. The number of rotatable bonds is 1. The van der Waals surface area contributed by atoms with E-state index in [1.165, 1.54) is 12.1 Å². The molecule has 0 aromatic heterocycles. The maximum Gasteiger partial charge on any atom is 0.165 e. The summed E-state index contributed by atoms with van der Waals surface area (Å²) in [5, 5.41) is 13.3. The Bertz CT molecular complexity index is 364. The van der Waals surface area contributed by atoms with Crippen LogP contribution in [0.2, 0.25) is 5.02 Å². The van der Waals surface area contributed by atoms with Crippen LogP contribution in [0.15, 0.2) is 12.1 Å². The quantitative estimate of drug-likeness (QED) is 0.776. The molecule has 1 saturated heterocycles. The van der Waals surface area contributed by atoms with Gasteiger partial charge in [0.25, 0.3) is 0 Å². The zero-order valence-electron chi connectivity index (χ0n) is 8.26. The first kappa shape index (κ1) is 10.7. The average Bonchev–Trinajstić information content (AvgIpc) is 2.26. The summed E-state index contributed by atoms with van der Waals surface area (Å²) in [4.78, 5) is 0. The van der Waals surface area contributed by atoms with E-state index in [0.29, 0.717) is 10.6 Å². The second kappa shape index (κ2) is 4.37. The molecule has 0 spiro atoms. The summed E-state index contributed by atoms with van der Waals surface area (Å²) in [6.45, 7) is 0.886. The van der Waals surface area contributed by atoms with Gasteiger partial charge in [0.05, 0.1) is 0 Å². The lowest BCUT2D eigenvalue weighted by Gasteiger charge is -2.25. The largest absolute Gasteiger partial charge is 0.505 e. The Morgan fingerprint density at radius 3 is 2.87 bits per heavy atom. The van der Waals surface area contributed by atoms with Crippen LogP contribution in [0.25, 0.3) is 0 Å². The molecule has 1 aliphatic heterocycles. The Hall–Kier alpha value is -0.800. The van der Waals surface area contributed by atoms with Gasteiger partial charge in [0.15, 0.2) is 11.6 Å². The van der Waals surface area contributed by atoms with Crippen LogP contribution in [0, 0.1) is 5.82 Å². The van der Waals surface area contributed by atoms with E-state index in [1.807, 2.05) is 0 Å². The molecule has 1 aromatic carbocycles. The molecule has 4 heteroatoms. The topological polar surface area (TPSA) is 32.3 Å². The van der Waals surface area contributed by atoms with Gasteiger partial charge in [-0.3, -0.25) is 0 Å². The number of hydrogen-bond donors (Lipinski definition) is 2. The molecule has 0 bridgehead atoms. The minimum atomic E-state index is -0.609. The summed E-state index contributed by atoms with van der Waals surface area (Å²) in [5.74, 6) is -0.927. The Morgan fingerprint density at radius 1 is 1.40 bits per heavy atom. The average molecular weight is 230 g/mol. The second-order valence-corrected chi connectivity index (χ2v) is 4.20. The maximum absolute atomic E-state index is 13.2. The first-order valence-corrected chi connectivity index (χ1v) is 5.48. The van der Waals surface area contributed by atoms with Gasteiger partial charge in [0.2, 0.25) is 0 Å². The highest BCUT2D eigenvalue weighted by Crippen LogP contribution is 2.36. The van der Waals surface area contributed by atoms with Gasteiger partial charge in [-0.05, 0) is 31.5 Å². The van der Waals surface area contributed by atoms with Crippen LogP contribution in [0.4, 0.5) is 4.39 Å². The summed E-state index contributed by atoms with van der Waals surface area (Å²) in [7, 11) is 0. The number of halogens is 2. The number of hydrogen-bond acceptors (Lipinski definition) is 2. The van der Waals surface area contributed by atoms with E-state index in [4.69, 9.17) is 11.6 Å². The zero-order chi connectivity index (χ0) is 10.8. The lowest BCUT2D eigenvalue weighted by Crippen LogP contribution is -2.27. The van der Waals surface area contributed by atoms with Gasteiger partial charge in [0.1, 0.15) is 0 Å². The molecule has 82 valence electrons. The summed E-state index contributed by atoms with van der Waals surface area (Å²) in [6, 6.07) is 2.65. The van der Waals surface area contributed by atoms with Crippen LogP contribution < -0.4 is 5.32 Å². The summed E-state index contributed by atoms with van der Waals surface area (Å²) >= 11 is 5.97. The third kappa shape index (κ3) is 2.08. The number of phenols is 1. The molecule has 15 heavy (non-hydrogen) atoms. The minimum Gasteiger partial charge on any atom is -0.505 e. The van der Waals surface area contributed by atoms with Crippen molar-refractivity contribution in [2.45, 2.75) is 25.3 Å². The molecule has 1 heterocycles. The van der Waals surface area contributed by atoms with Gasteiger partial charge < -0.3 is 10.4 Å². The van der Waals surface area contributed by atoms with Crippen LogP contribution >= 0.6 is 11.6 Å². The Balaban J connectivity index is 2.36. The number of benzene rings is 1. The molecular weight excluding hydrogens is 217 g/mol. The number of phenolic OH excluding ortho intramolecular Hbond substituents is 1. The molecule has 0 radical (unpaired) electrons.